The SMILES string of the molecule is Cc1cc(C[C@H](N)COc2cncc(-c3ccc4n[nH]c(C)c4c3)c2)ccc1Cl. The number of H-pyrrole nitrogens is 1. The predicted molar refractivity (Wildman–Crippen MR) is 117 cm³/mol. The van der Waals surface area contributed by atoms with Crippen molar-refractivity contribution >= 4 is 22.5 Å². The molecule has 2 aromatic carbocycles. The number of halogens is 1. The topological polar surface area (TPSA) is 76.8 Å². The summed E-state index contributed by atoms with van der Waals surface area (Å²) < 4.78 is 5.92. The van der Waals surface area contributed by atoms with E-state index < -0.39 is 0 Å². The van der Waals surface area contributed by atoms with Gasteiger partial charge in [-0.15, -0.1) is 0 Å². The maximum Gasteiger partial charge on any atom is 0.138 e. The van der Waals surface area contributed by atoms with Crippen molar-refractivity contribution < 1.29 is 4.74 Å². The van der Waals surface area contributed by atoms with Crippen molar-refractivity contribution in [2.45, 2.75) is 26.3 Å². The highest BCUT2D eigenvalue weighted by Gasteiger charge is 2.09. The number of pyridine rings is 1. The van der Waals surface area contributed by atoms with Gasteiger partial charge in [0.15, 0.2) is 0 Å². The van der Waals surface area contributed by atoms with Gasteiger partial charge in [-0.1, -0.05) is 29.8 Å². The monoisotopic (exact) mass is 406 g/mol. The Morgan fingerprint density at radius 2 is 1.93 bits per heavy atom. The van der Waals surface area contributed by atoms with Gasteiger partial charge in [-0.25, -0.2) is 0 Å². The minimum Gasteiger partial charge on any atom is -0.490 e. The summed E-state index contributed by atoms with van der Waals surface area (Å²) in [5.41, 5.74) is 12.5. The maximum atomic E-state index is 6.27. The molecule has 6 heteroatoms. The molecular weight excluding hydrogens is 384 g/mol. The fourth-order valence-corrected chi connectivity index (χ4v) is 3.49. The van der Waals surface area contributed by atoms with Crippen LogP contribution in [-0.2, 0) is 6.42 Å². The summed E-state index contributed by atoms with van der Waals surface area (Å²) in [6.07, 6.45) is 4.27. The van der Waals surface area contributed by atoms with Crippen LogP contribution in [0.2, 0.25) is 5.02 Å². The zero-order valence-electron chi connectivity index (χ0n) is 16.4. The Morgan fingerprint density at radius 1 is 1.07 bits per heavy atom. The molecule has 0 spiro atoms. The second kappa shape index (κ2) is 8.23. The Bertz CT molecular complexity index is 1150. The smallest absolute Gasteiger partial charge is 0.138 e. The molecule has 0 fully saturated rings. The molecule has 0 aliphatic rings. The van der Waals surface area contributed by atoms with Crippen molar-refractivity contribution in [1.29, 1.82) is 0 Å². The highest BCUT2D eigenvalue weighted by molar-refractivity contribution is 6.31. The van der Waals surface area contributed by atoms with Crippen LogP contribution in [0.1, 0.15) is 16.8 Å². The number of ether oxygens (including phenoxy) is 1. The molecule has 1 atom stereocenters. The van der Waals surface area contributed by atoms with Crippen LogP contribution in [0.3, 0.4) is 0 Å². The lowest BCUT2D eigenvalue weighted by molar-refractivity contribution is 0.286. The van der Waals surface area contributed by atoms with Gasteiger partial charge in [-0.2, -0.15) is 5.10 Å². The molecular formula is C23H23ClN4O. The summed E-state index contributed by atoms with van der Waals surface area (Å²) in [5.74, 6) is 0.703. The zero-order valence-corrected chi connectivity index (χ0v) is 17.2. The standard InChI is InChI=1S/C23H23ClN4O/c1-14-7-16(3-5-22(14)24)8-19(25)13-29-20-9-18(11-26-12-20)17-4-6-23-21(10-17)15(2)27-28-23/h3-7,9-12,19H,8,13,25H2,1-2H3,(H,27,28)/t19-/m0/s1. The molecule has 0 unspecified atom stereocenters. The fraction of sp³-hybridized carbons (Fsp3) is 0.217. The van der Waals surface area contributed by atoms with Crippen LogP contribution in [0.4, 0.5) is 0 Å². The van der Waals surface area contributed by atoms with Gasteiger partial charge < -0.3 is 10.5 Å². The molecule has 0 aliphatic heterocycles. The van der Waals surface area contributed by atoms with Gasteiger partial charge in [-0.3, -0.25) is 10.1 Å². The predicted octanol–water partition coefficient (Wildman–Crippen LogP) is 4.84. The first-order chi connectivity index (χ1) is 14.0. The van der Waals surface area contributed by atoms with Gasteiger partial charge in [0.2, 0.25) is 0 Å². The Labute approximate surface area is 174 Å². The number of aromatic nitrogens is 3. The summed E-state index contributed by atoms with van der Waals surface area (Å²) >= 11 is 6.09. The largest absolute Gasteiger partial charge is 0.490 e. The summed E-state index contributed by atoms with van der Waals surface area (Å²) in [6, 6.07) is 14.0. The van der Waals surface area contributed by atoms with E-state index in [9.17, 15) is 0 Å². The van der Waals surface area contributed by atoms with E-state index in [4.69, 9.17) is 22.1 Å². The lowest BCUT2D eigenvalue weighted by Crippen LogP contribution is -2.30. The number of rotatable bonds is 6. The van der Waals surface area contributed by atoms with Gasteiger partial charge in [0.25, 0.3) is 0 Å². The minimum absolute atomic E-state index is 0.121. The lowest BCUT2D eigenvalue weighted by Gasteiger charge is -2.14. The minimum atomic E-state index is -0.121. The van der Waals surface area contributed by atoms with E-state index >= 15 is 0 Å². The van der Waals surface area contributed by atoms with Gasteiger partial charge >= 0.3 is 0 Å². The molecule has 148 valence electrons. The Morgan fingerprint density at radius 3 is 2.76 bits per heavy atom. The van der Waals surface area contributed by atoms with Crippen molar-refractivity contribution in [3.8, 4) is 16.9 Å². The first-order valence-corrected chi connectivity index (χ1v) is 9.91. The molecule has 0 saturated carbocycles. The molecule has 5 nitrogen and oxygen atoms in total. The molecule has 2 aromatic heterocycles. The number of hydrogen-bond donors (Lipinski definition) is 2. The number of aromatic amines is 1. The summed E-state index contributed by atoms with van der Waals surface area (Å²) in [6.45, 7) is 4.42. The molecule has 29 heavy (non-hydrogen) atoms. The van der Waals surface area contributed by atoms with E-state index in [1.54, 1.807) is 6.20 Å². The Kier molecular flexibility index (Phi) is 5.51. The number of benzene rings is 2. The first-order valence-electron chi connectivity index (χ1n) is 9.53. The van der Waals surface area contributed by atoms with E-state index in [1.165, 1.54) is 0 Å². The maximum absolute atomic E-state index is 6.27. The van der Waals surface area contributed by atoms with Crippen LogP contribution in [0.5, 0.6) is 5.75 Å². The number of nitrogens with one attached hydrogen (secondary N) is 1. The van der Waals surface area contributed by atoms with Gasteiger partial charge in [-0.05, 0) is 61.2 Å². The molecule has 0 saturated heterocycles. The zero-order chi connectivity index (χ0) is 20.4. The third-order valence-corrected chi connectivity index (χ3v) is 5.40. The van der Waals surface area contributed by atoms with Crippen LogP contribution in [0.15, 0.2) is 54.9 Å². The van der Waals surface area contributed by atoms with E-state index in [0.29, 0.717) is 12.4 Å². The van der Waals surface area contributed by atoms with Gasteiger partial charge in [0.05, 0.1) is 11.7 Å². The van der Waals surface area contributed by atoms with E-state index in [0.717, 1.165) is 50.3 Å². The van der Waals surface area contributed by atoms with Crippen molar-refractivity contribution in [1.82, 2.24) is 15.2 Å². The Hall–Kier alpha value is -2.89. The van der Waals surface area contributed by atoms with E-state index in [-0.39, 0.29) is 6.04 Å². The summed E-state index contributed by atoms with van der Waals surface area (Å²) in [5, 5.41) is 9.17. The van der Waals surface area contributed by atoms with Crippen LogP contribution in [0.25, 0.3) is 22.0 Å². The lowest BCUT2D eigenvalue weighted by atomic mass is 10.0. The van der Waals surface area contributed by atoms with Crippen LogP contribution in [-0.4, -0.2) is 27.8 Å². The van der Waals surface area contributed by atoms with Crippen molar-refractivity contribution in [2.24, 2.45) is 5.73 Å². The molecule has 0 bridgehead atoms. The normalized spacial score (nSPS) is 12.3. The fourth-order valence-electron chi connectivity index (χ4n) is 3.37. The van der Waals surface area contributed by atoms with E-state index in [2.05, 4.69) is 27.3 Å². The molecule has 0 radical (unpaired) electrons. The third-order valence-electron chi connectivity index (χ3n) is 4.98. The Balaban J connectivity index is 1.44. The third kappa shape index (κ3) is 4.42. The van der Waals surface area contributed by atoms with Gasteiger partial charge in [0, 0.05) is 33.9 Å². The quantitative estimate of drug-likeness (QED) is 0.480. The number of aryl methyl sites for hydroxylation is 2. The average molecular weight is 407 g/mol. The molecule has 3 N–H and O–H groups in total. The number of hydrogen-bond acceptors (Lipinski definition) is 4. The average Bonchev–Trinajstić information content (AvgIpc) is 3.10. The van der Waals surface area contributed by atoms with Crippen molar-refractivity contribution in [2.75, 3.05) is 6.61 Å². The number of nitrogens with zero attached hydrogens (tertiary/aromatic N) is 2. The molecule has 0 amide bonds. The first kappa shape index (κ1) is 19.4. The molecule has 0 aliphatic carbocycles. The van der Waals surface area contributed by atoms with E-state index in [1.807, 2.05) is 50.4 Å². The second-order valence-corrected chi connectivity index (χ2v) is 7.76. The summed E-state index contributed by atoms with van der Waals surface area (Å²) in [4.78, 5) is 4.33. The number of nitrogens with two attached hydrogens (primary N) is 1. The van der Waals surface area contributed by atoms with Crippen LogP contribution < -0.4 is 10.5 Å². The molecule has 2 heterocycles. The highest BCUT2D eigenvalue weighted by atomic mass is 35.5. The number of fused-ring (bicyclic) bond motifs is 1. The molecule has 4 aromatic rings. The highest BCUT2D eigenvalue weighted by Crippen LogP contribution is 2.27. The van der Waals surface area contributed by atoms with Gasteiger partial charge in [0.1, 0.15) is 12.4 Å². The second-order valence-electron chi connectivity index (χ2n) is 7.35. The van der Waals surface area contributed by atoms with Crippen molar-refractivity contribution in [3.63, 3.8) is 0 Å². The van der Waals surface area contributed by atoms with Crippen LogP contribution >= 0.6 is 11.6 Å². The molecule has 4 rings (SSSR count). The van der Waals surface area contributed by atoms with Crippen LogP contribution in [0, 0.1) is 13.8 Å². The summed E-state index contributed by atoms with van der Waals surface area (Å²) in [7, 11) is 0. The van der Waals surface area contributed by atoms with Crippen molar-refractivity contribution in [3.05, 3.63) is 76.7 Å².